The second kappa shape index (κ2) is 7.47. The Labute approximate surface area is 174 Å². The number of anilines is 4. The normalized spacial score (nSPS) is 20.8. The maximum absolute atomic E-state index is 11.9. The van der Waals surface area contributed by atoms with E-state index in [1.165, 1.54) is 6.20 Å². The van der Waals surface area contributed by atoms with Crippen LogP contribution in [0.5, 0.6) is 0 Å². The number of carbonyl (C=O) groups excluding carboxylic acids is 2. The van der Waals surface area contributed by atoms with Crippen molar-refractivity contribution in [2.75, 3.05) is 35.2 Å². The SMILES string of the molecule is NC(=O)c1cnc(Nc2ccc(N3CCN4C(=O)CC[C@H]4C3)cc2)nc1NC1CC1. The summed E-state index contributed by atoms with van der Waals surface area (Å²) in [5, 5.41) is 6.43. The molecule has 3 aliphatic rings. The summed E-state index contributed by atoms with van der Waals surface area (Å²) in [4.78, 5) is 36.5. The fraction of sp³-hybridized carbons (Fsp3) is 0.429. The van der Waals surface area contributed by atoms with Crippen LogP contribution in [-0.4, -0.2) is 58.4 Å². The van der Waals surface area contributed by atoms with Gasteiger partial charge in [0.2, 0.25) is 11.9 Å². The molecule has 1 saturated carbocycles. The molecule has 5 rings (SSSR count). The van der Waals surface area contributed by atoms with Crippen molar-refractivity contribution in [3.63, 3.8) is 0 Å². The van der Waals surface area contributed by atoms with Gasteiger partial charge in [-0.15, -0.1) is 0 Å². The van der Waals surface area contributed by atoms with Crippen molar-refractivity contribution >= 4 is 35.0 Å². The molecule has 0 unspecified atom stereocenters. The lowest BCUT2D eigenvalue weighted by atomic mass is 10.1. The monoisotopic (exact) mass is 407 g/mol. The van der Waals surface area contributed by atoms with Crippen molar-refractivity contribution < 1.29 is 9.59 Å². The van der Waals surface area contributed by atoms with Crippen LogP contribution in [0.15, 0.2) is 30.5 Å². The van der Waals surface area contributed by atoms with Crippen LogP contribution in [0.3, 0.4) is 0 Å². The third-order valence-corrected chi connectivity index (χ3v) is 5.96. The first-order valence-corrected chi connectivity index (χ1v) is 10.4. The van der Waals surface area contributed by atoms with Crippen LogP contribution in [0.25, 0.3) is 0 Å². The lowest BCUT2D eigenvalue weighted by Crippen LogP contribution is -2.51. The van der Waals surface area contributed by atoms with E-state index >= 15 is 0 Å². The van der Waals surface area contributed by atoms with Gasteiger partial charge in [-0.3, -0.25) is 9.59 Å². The average Bonchev–Trinajstić information content (AvgIpc) is 3.49. The second-order valence-electron chi connectivity index (χ2n) is 8.14. The number of amides is 2. The Balaban J connectivity index is 1.27. The highest BCUT2D eigenvalue weighted by Gasteiger charge is 2.35. The lowest BCUT2D eigenvalue weighted by Gasteiger charge is -2.38. The highest BCUT2D eigenvalue weighted by atomic mass is 16.2. The zero-order valence-corrected chi connectivity index (χ0v) is 16.7. The molecule has 4 N–H and O–H groups in total. The Bertz CT molecular complexity index is 974. The molecule has 9 heteroatoms. The number of fused-ring (bicyclic) bond motifs is 1. The van der Waals surface area contributed by atoms with Crippen LogP contribution in [0.2, 0.25) is 0 Å². The first kappa shape index (κ1) is 18.7. The summed E-state index contributed by atoms with van der Waals surface area (Å²) in [5.74, 6) is 0.632. The zero-order chi connectivity index (χ0) is 20.7. The van der Waals surface area contributed by atoms with E-state index in [2.05, 4.69) is 37.6 Å². The van der Waals surface area contributed by atoms with Crippen molar-refractivity contribution in [2.45, 2.75) is 37.8 Å². The van der Waals surface area contributed by atoms with E-state index in [0.717, 1.165) is 50.3 Å². The summed E-state index contributed by atoms with van der Waals surface area (Å²) < 4.78 is 0. The Morgan fingerprint density at radius 2 is 1.93 bits per heavy atom. The predicted molar refractivity (Wildman–Crippen MR) is 114 cm³/mol. The predicted octanol–water partition coefficient (Wildman–Crippen LogP) is 1.70. The second-order valence-corrected chi connectivity index (χ2v) is 8.14. The first-order chi connectivity index (χ1) is 14.6. The van der Waals surface area contributed by atoms with Gasteiger partial charge in [-0.1, -0.05) is 0 Å². The quantitative estimate of drug-likeness (QED) is 0.667. The number of rotatable bonds is 6. The minimum atomic E-state index is -0.543. The van der Waals surface area contributed by atoms with E-state index in [4.69, 9.17) is 5.73 Å². The van der Waals surface area contributed by atoms with Gasteiger partial charge in [0.1, 0.15) is 5.82 Å². The van der Waals surface area contributed by atoms with Gasteiger partial charge in [0.25, 0.3) is 5.91 Å². The Kier molecular flexibility index (Phi) is 4.65. The standard InChI is InChI=1S/C21H25N7O2/c22-19(30)17-11-23-21(26-20(17)24-13-1-2-13)25-14-3-5-15(6-4-14)27-9-10-28-16(12-27)7-8-18(28)29/h3-6,11,13,16H,1-2,7-10,12H2,(H2,22,30)(H2,23,24,25,26)/t16-/m0/s1. The molecule has 2 aliphatic heterocycles. The van der Waals surface area contributed by atoms with Crippen LogP contribution in [0, 0.1) is 0 Å². The van der Waals surface area contributed by atoms with Gasteiger partial charge in [0.05, 0.1) is 5.56 Å². The molecule has 2 amide bonds. The summed E-state index contributed by atoms with van der Waals surface area (Å²) in [6, 6.07) is 8.78. The molecule has 2 aromatic rings. The van der Waals surface area contributed by atoms with Crippen LogP contribution in [0.4, 0.5) is 23.1 Å². The van der Waals surface area contributed by atoms with Gasteiger partial charge in [0.15, 0.2) is 0 Å². The highest BCUT2D eigenvalue weighted by molar-refractivity contribution is 5.97. The number of primary amides is 1. The molecule has 3 fully saturated rings. The van der Waals surface area contributed by atoms with Gasteiger partial charge in [-0.05, 0) is 43.5 Å². The van der Waals surface area contributed by atoms with Crippen molar-refractivity contribution in [1.82, 2.24) is 14.9 Å². The number of hydrogen-bond donors (Lipinski definition) is 3. The zero-order valence-electron chi connectivity index (χ0n) is 16.7. The molecule has 1 aromatic heterocycles. The van der Waals surface area contributed by atoms with Crippen LogP contribution >= 0.6 is 0 Å². The Morgan fingerprint density at radius 3 is 2.67 bits per heavy atom. The fourth-order valence-corrected chi connectivity index (χ4v) is 4.14. The van der Waals surface area contributed by atoms with Crippen LogP contribution in [0.1, 0.15) is 36.0 Å². The number of nitrogens with zero attached hydrogens (tertiary/aromatic N) is 4. The van der Waals surface area contributed by atoms with Gasteiger partial charge >= 0.3 is 0 Å². The molecule has 9 nitrogen and oxygen atoms in total. The summed E-state index contributed by atoms with van der Waals surface area (Å²) in [6.07, 6.45) is 5.21. The van der Waals surface area contributed by atoms with E-state index in [1.54, 1.807) is 0 Å². The van der Waals surface area contributed by atoms with Crippen molar-refractivity contribution in [1.29, 1.82) is 0 Å². The Hall–Kier alpha value is -3.36. The molecule has 0 bridgehead atoms. The van der Waals surface area contributed by atoms with Gasteiger partial charge < -0.3 is 26.2 Å². The van der Waals surface area contributed by atoms with E-state index in [-0.39, 0.29) is 5.91 Å². The van der Waals surface area contributed by atoms with Crippen LogP contribution in [-0.2, 0) is 4.79 Å². The molecule has 1 atom stereocenters. The molecular formula is C21H25N7O2. The van der Waals surface area contributed by atoms with E-state index < -0.39 is 5.91 Å². The average molecular weight is 407 g/mol. The maximum Gasteiger partial charge on any atom is 0.254 e. The van der Waals surface area contributed by atoms with Gasteiger partial charge in [0, 0.05) is 55.7 Å². The lowest BCUT2D eigenvalue weighted by molar-refractivity contribution is -0.129. The largest absolute Gasteiger partial charge is 0.368 e. The molecule has 3 heterocycles. The molecule has 2 saturated heterocycles. The molecule has 1 aliphatic carbocycles. The van der Waals surface area contributed by atoms with Gasteiger partial charge in [-0.25, -0.2) is 4.98 Å². The molecular weight excluding hydrogens is 382 g/mol. The summed E-state index contributed by atoms with van der Waals surface area (Å²) in [7, 11) is 0. The van der Waals surface area contributed by atoms with E-state index in [9.17, 15) is 9.59 Å². The fourth-order valence-electron chi connectivity index (χ4n) is 4.14. The van der Waals surface area contributed by atoms with Crippen molar-refractivity contribution in [3.05, 3.63) is 36.0 Å². The summed E-state index contributed by atoms with van der Waals surface area (Å²) in [6.45, 7) is 2.52. The van der Waals surface area contributed by atoms with E-state index in [1.807, 2.05) is 17.0 Å². The highest BCUT2D eigenvalue weighted by Crippen LogP contribution is 2.28. The number of benzene rings is 1. The number of aromatic nitrogens is 2. The number of nitrogens with two attached hydrogens (primary N) is 1. The summed E-state index contributed by atoms with van der Waals surface area (Å²) in [5.41, 5.74) is 7.73. The number of carbonyl (C=O) groups is 2. The van der Waals surface area contributed by atoms with Crippen molar-refractivity contribution in [2.24, 2.45) is 5.73 Å². The van der Waals surface area contributed by atoms with Crippen LogP contribution < -0.4 is 21.3 Å². The van der Waals surface area contributed by atoms with Gasteiger partial charge in [-0.2, -0.15) is 4.98 Å². The van der Waals surface area contributed by atoms with Crippen molar-refractivity contribution in [3.8, 4) is 0 Å². The molecule has 0 spiro atoms. The molecule has 156 valence electrons. The maximum atomic E-state index is 11.9. The van der Waals surface area contributed by atoms with E-state index in [0.29, 0.717) is 35.8 Å². The number of nitrogens with one attached hydrogen (secondary N) is 2. The third kappa shape index (κ3) is 3.74. The minimum Gasteiger partial charge on any atom is -0.368 e. The molecule has 1 aromatic carbocycles. The smallest absolute Gasteiger partial charge is 0.254 e. The summed E-state index contributed by atoms with van der Waals surface area (Å²) >= 11 is 0. The first-order valence-electron chi connectivity index (χ1n) is 10.4. The minimum absolute atomic E-state index is 0.289. The topological polar surface area (TPSA) is 116 Å². The molecule has 0 radical (unpaired) electrons. The number of hydrogen-bond acceptors (Lipinski definition) is 7. The molecule has 30 heavy (non-hydrogen) atoms. The third-order valence-electron chi connectivity index (χ3n) is 5.96. The number of piperazine rings is 1. The Morgan fingerprint density at radius 1 is 1.13 bits per heavy atom.